The summed E-state index contributed by atoms with van der Waals surface area (Å²) in [5.74, 6) is 1.02. The van der Waals surface area contributed by atoms with Crippen molar-refractivity contribution in [2.75, 3.05) is 12.3 Å². The quantitative estimate of drug-likeness (QED) is 0.508. The molecule has 0 atom stereocenters. The summed E-state index contributed by atoms with van der Waals surface area (Å²) in [4.78, 5) is 4.48. The van der Waals surface area contributed by atoms with E-state index in [1.54, 1.807) is 11.8 Å². The number of benzene rings is 1. The van der Waals surface area contributed by atoms with Gasteiger partial charge in [-0.1, -0.05) is 49.6 Å². The molecule has 1 saturated carbocycles. The summed E-state index contributed by atoms with van der Waals surface area (Å²) in [5, 5.41) is 4.46. The molecule has 20 heavy (non-hydrogen) atoms. The number of fused-ring (bicyclic) bond motifs is 1. The van der Waals surface area contributed by atoms with E-state index in [0.717, 1.165) is 34.7 Å². The van der Waals surface area contributed by atoms with Crippen molar-refractivity contribution in [2.24, 2.45) is 0 Å². The Kier molecular flexibility index (Phi) is 4.98. The molecule has 1 fully saturated rings. The normalized spacial score (nSPS) is 17.4. The summed E-state index contributed by atoms with van der Waals surface area (Å²) in [7, 11) is 0. The lowest BCUT2D eigenvalue weighted by Crippen LogP contribution is -2.30. The third-order valence-corrected chi connectivity index (χ3v) is 4.72. The molecule has 0 amide bonds. The second kappa shape index (κ2) is 7.14. The number of rotatable bonds is 5. The largest absolute Gasteiger partial charge is 0.431 e. The van der Waals surface area contributed by atoms with Gasteiger partial charge in [0.25, 0.3) is 5.22 Å². The molecule has 0 radical (unpaired) electrons. The SMILES string of the molecule is c1ccc2oc(SCCNC3CCCCCC3)nc2c1. The highest BCUT2D eigenvalue weighted by molar-refractivity contribution is 7.99. The van der Waals surface area contributed by atoms with Gasteiger partial charge in [-0.3, -0.25) is 0 Å². The average molecular weight is 290 g/mol. The van der Waals surface area contributed by atoms with Gasteiger partial charge in [0.1, 0.15) is 5.52 Å². The lowest BCUT2D eigenvalue weighted by molar-refractivity contribution is 0.471. The number of hydrogen-bond donors (Lipinski definition) is 1. The van der Waals surface area contributed by atoms with Crippen LogP contribution in [0.4, 0.5) is 0 Å². The third-order valence-electron chi connectivity index (χ3n) is 3.89. The van der Waals surface area contributed by atoms with Crippen LogP contribution in [0.1, 0.15) is 38.5 Å². The Morgan fingerprint density at radius 1 is 1.15 bits per heavy atom. The smallest absolute Gasteiger partial charge is 0.256 e. The summed E-state index contributed by atoms with van der Waals surface area (Å²) in [5.41, 5.74) is 1.83. The standard InChI is InChI=1S/C16H22N2OS/c1-2-4-8-13(7-3-1)17-11-12-20-16-18-14-9-5-6-10-15(14)19-16/h5-6,9-10,13,17H,1-4,7-8,11-12H2. The van der Waals surface area contributed by atoms with Crippen LogP contribution in [0.3, 0.4) is 0 Å². The maximum absolute atomic E-state index is 5.70. The van der Waals surface area contributed by atoms with Crippen LogP contribution in [0.2, 0.25) is 0 Å². The summed E-state index contributed by atoms with van der Waals surface area (Å²) in [6, 6.07) is 8.66. The summed E-state index contributed by atoms with van der Waals surface area (Å²) in [6.07, 6.45) is 8.28. The lowest BCUT2D eigenvalue weighted by atomic mass is 10.1. The van der Waals surface area contributed by atoms with Crippen LogP contribution in [0.25, 0.3) is 11.1 Å². The topological polar surface area (TPSA) is 38.1 Å². The molecule has 1 heterocycles. The molecule has 0 spiro atoms. The zero-order valence-electron chi connectivity index (χ0n) is 11.8. The van der Waals surface area contributed by atoms with Crippen LogP contribution in [0, 0.1) is 0 Å². The van der Waals surface area contributed by atoms with Crippen molar-refractivity contribution < 1.29 is 4.42 Å². The van der Waals surface area contributed by atoms with E-state index in [2.05, 4.69) is 10.3 Å². The molecule has 1 aromatic carbocycles. The minimum Gasteiger partial charge on any atom is -0.431 e. The highest BCUT2D eigenvalue weighted by Crippen LogP contribution is 2.23. The van der Waals surface area contributed by atoms with Crippen molar-refractivity contribution in [3.05, 3.63) is 24.3 Å². The van der Waals surface area contributed by atoms with Crippen LogP contribution < -0.4 is 5.32 Å². The molecule has 3 nitrogen and oxygen atoms in total. The molecule has 1 aliphatic rings. The Morgan fingerprint density at radius 2 is 1.95 bits per heavy atom. The van der Waals surface area contributed by atoms with E-state index >= 15 is 0 Å². The molecule has 1 aliphatic carbocycles. The fourth-order valence-electron chi connectivity index (χ4n) is 2.80. The van der Waals surface area contributed by atoms with Gasteiger partial charge in [0.05, 0.1) is 0 Å². The maximum atomic E-state index is 5.70. The Hall–Kier alpha value is -1.00. The van der Waals surface area contributed by atoms with Crippen LogP contribution >= 0.6 is 11.8 Å². The number of oxazole rings is 1. The van der Waals surface area contributed by atoms with Crippen LogP contribution in [0.15, 0.2) is 33.9 Å². The van der Waals surface area contributed by atoms with Crippen LogP contribution in [0.5, 0.6) is 0 Å². The molecule has 108 valence electrons. The van der Waals surface area contributed by atoms with Gasteiger partial charge in [0, 0.05) is 18.3 Å². The number of para-hydroxylation sites is 2. The Balaban J connectivity index is 1.43. The van der Waals surface area contributed by atoms with E-state index in [1.165, 1.54) is 38.5 Å². The molecule has 2 aromatic rings. The van der Waals surface area contributed by atoms with E-state index in [9.17, 15) is 0 Å². The lowest BCUT2D eigenvalue weighted by Gasteiger charge is -2.15. The first-order valence-electron chi connectivity index (χ1n) is 7.63. The van der Waals surface area contributed by atoms with Gasteiger partial charge in [-0.2, -0.15) is 0 Å². The van der Waals surface area contributed by atoms with E-state index in [0.29, 0.717) is 0 Å². The fourth-order valence-corrected chi connectivity index (χ4v) is 3.50. The summed E-state index contributed by atoms with van der Waals surface area (Å²) >= 11 is 1.70. The van der Waals surface area contributed by atoms with Crippen LogP contribution in [-0.4, -0.2) is 23.3 Å². The van der Waals surface area contributed by atoms with Gasteiger partial charge in [-0.15, -0.1) is 0 Å². The molecule has 0 bridgehead atoms. The Morgan fingerprint density at radius 3 is 2.75 bits per heavy atom. The van der Waals surface area contributed by atoms with E-state index in [1.807, 2.05) is 24.3 Å². The van der Waals surface area contributed by atoms with E-state index in [4.69, 9.17) is 4.42 Å². The molecule has 3 rings (SSSR count). The van der Waals surface area contributed by atoms with Crippen LogP contribution in [-0.2, 0) is 0 Å². The number of nitrogens with zero attached hydrogens (tertiary/aromatic N) is 1. The first kappa shape index (κ1) is 14.0. The molecule has 1 aromatic heterocycles. The molecular formula is C16H22N2OS. The van der Waals surface area contributed by atoms with Crippen molar-refractivity contribution in [3.8, 4) is 0 Å². The van der Waals surface area contributed by atoms with Gasteiger partial charge < -0.3 is 9.73 Å². The minimum absolute atomic E-state index is 0.724. The summed E-state index contributed by atoms with van der Waals surface area (Å²) < 4.78 is 5.70. The number of nitrogens with one attached hydrogen (secondary N) is 1. The number of aromatic nitrogens is 1. The fraction of sp³-hybridized carbons (Fsp3) is 0.562. The van der Waals surface area contributed by atoms with Crippen molar-refractivity contribution in [3.63, 3.8) is 0 Å². The molecular weight excluding hydrogens is 268 g/mol. The number of hydrogen-bond acceptors (Lipinski definition) is 4. The average Bonchev–Trinajstić information content (AvgIpc) is 2.70. The monoisotopic (exact) mass is 290 g/mol. The Labute approximate surface area is 124 Å². The highest BCUT2D eigenvalue weighted by Gasteiger charge is 2.11. The maximum Gasteiger partial charge on any atom is 0.256 e. The van der Waals surface area contributed by atoms with Gasteiger partial charge in [0.2, 0.25) is 0 Å². The molecule has 0 unspecified atom stereocenters. The van der Waals surface area contributed by atoms with Crippen molar-refractivity contribution >= 4 is 22.9 Å². The second-order valence-electron chi connectivity index (χ2n) is 5.44. The van der Waals surface area contributed by atoms with E-state index in [-0.39, 0.29) is 0 Å². The van der Waals surface area contributed by atoms with E-state index < -0.39 is 0 Å². The van der Waals surface area contributed by atoms with Crippen molar-refractivity contribution in [2.45, 2.75) is 49.8 Å². The zero-order chi connectivity index (χ0) is 13.6. The molecule has 4 heteroatoms. The summed E-state index contributed by atoms with van der Waals surface area (Å²) in [6.45, 7) is 1.04. The third kappa shape index (κ3) is 3.76. The number of thioether (sulfide) groups is 1. The van der Waals surface area contributed by atoms with Gasteiger partial charge in [-0.25, -0.2) is 4.98 Å². The molecule has 0 aliphatic heterocycles. The van der Waals surface area contributed by atoms with Gasteiger partial charge >= 0.3 is 0 Å². The first-order valence-corrected chi connectivity index (χ1v) is 8.62. The zero-order valence-corrected chi connectivity index (χ0v) is 12.6. The van der Waals surface area contributed by atoms with Gasteiger partial charge in [-0.05, 0) is 25.0 Å². The minimum atomic E-state index is 0.724. The second-order valence-corrected chi connectivity index (χ2v) is 6.48. The van der Waals surface area contributed by atoms with Crippen molar-refractivity contribution in [1.82, 2.24) is 10.3 Å². The predicted octanol–water partition coefficient (Wildman–Crippen LogP) is 4.23. The molecule has 1 N–H and O–H groups in total. The first-order chi connectivity index (χ1) is 9.92. The van der Waals surface area contributed by atoms with Gasteiger partial charge in [0.15, 0.2) is 5.58 Å². The Bertz CT molecular complexity index is 499. The molecule has 0 saturated heterocycles. The highest BCUT2D eigenvalue weighted by atomic mass is 32.2. The van der Waals surface area contributed by atoms with Crippen molar-refractivity contribution in [1.29, 1.82) is 0 Å². The predicted molar refractivity (Wildman–Crippen MR) is 84.2 cm³/mol.